The summed E-state index contributed by atoms with van der Waals surface area (Å²) in [6.45, 7) is 4.34. The lowest BCUT2D eigenvalue weighted by Gasteiger charge is -2.24. The van der Waals surface area contributed by atoms with E-state index < -0.39 is 0 Å². The molecule has 2 rings (SSSR count). The number of hydrogen-bond donors (Lipinski definition) is 2. The Kier molecular flexibility index (Phi) is 3.85. The molecule has 16 heavy (non-hydrogen) atoms. The first-order valence-electron chi connectivity index (χ1n) is 6.24. The molecule has 1 saturated heterocycles. The summed E-state index contributed by atoms with van der Waals surface area (Å²) >= 11 is 0. The van der Waals surface area contributed by atoms with Crippen LogP contribution in [0.2, 0.25) is 0 Å². The van der Waals surface area contributed by atoms with Gasteiger partial charge >= 0.3 is 0 Å². The lowest BCUT2D eigenvalue weighted by molar-refractivity contribution is 0.166. The van der Waals surface area contributed by atoms with Crippen molar-refractivity contribution >= 4 is 0 Å². The molecule has 1 atom stereocenters. The number of methoxy groups -OCH3 is 1. The van der Waals surface area contributed by atoms with Crippen LogP contribution in [0.15, 0.2) is 0 Å². The summed E-state index contributed by atoms with van der Waals surface area (Å²) in [5.74, 6) is 0. The first-order valence-corrected chi connectivity index (χ1v) is 6.24. The van der Waals surface area contributed by atoms with Crippen molar-refractivity contribution in [2.24, 2.45) is 11.1 Å². The van der Waals surface area contributed by atoms with E-state index in [0.717, 1.165) is 32.7 Å². The Bertz CT molecular complexity index is 223. The van der Waals surface area contributed by atoms with Gasteiger partial charge in [0.15, 0.2) is 0 Å². The second kappa shape index (κ2) is 5.00. The van der Waals surface area contributed by atoms with Crippen molar-refractivity contribution in [1.82, 2.24) is 5.32 Å². The van der Waals surface area contributed by atoms with E-state index in [-0.39, 0.29) is 5.54 Å². The van der Waals surface area contributed by atoms with Gasteiger partial charge < -0.3 is 20.5 Å². The second-order valence-corrected chi connectivity index (χ2v) is 5.51. The maximum absolute atomic E-state index is 6.20. The van der Waals surface area contributed by atoms with E-state index in [1.807, 2.05) is 0 Å². The molecule has 0 spiro atoms. The molecule has 1 heterocycles. The molecule has 4 heteroatoms. The van der Waals surface area contributed by atoms with Crippen LogP contribution in [-0.4, -0.2) is 45.6 Å². The molecule has 0 aromatic rings. The Labute approximate surface area is 97.9 Å². The van der Waals surface area contributed by atoms with Gasteiger partial charge in [0.05, 0.1) is 12.1 Å². The quantitative estimate of drug-likeness (QED) is 0.666. The number of nitrogens with two attached hydrogens (primary N) is 1. The topological polar surface area (TPSA) is 56.5 Å². The number of hydrogen-bond acceptors (Lipinski definition) is 4. The third-order valence-electron chi connectivity index (χ3n) is 3.90. The van der Waals surface area contributed by atoms with Gasteiger partial charge in [-0.25, -0.2) is 0 Å². The average molecular weight is 228 g/mol. The zero-order chi connectivity index (χ0) is 11.5. The summed E-state index contributed by atoms with van der Waals surface area (Å²) < 4.78 is 10.5. The fourth-order valence-corrected chi connectivity index (χ4v) is 2.35. The average Bonchev–Trinajstić information content (AvgIpc) is 2.91. The minimum absolute atomic E-state index is 0.128. The van der Waals surface area contributed by atoms with Crippen LogP contribution < -0.4 is 11.1 Å². The molecule has 0 aromatic carbocycles. The maximum Gasteiger partial charge on any atom is 0.0659 e. The maximum atomic E-state index is 6.20. The third kappa shape index (κ3) is 3.17. The minimum Gasteiger partial charge on any atom is -0.385 e. The molecule has 0 amide bonds. The summed E-state index contributed by atoms with van der Waals surface area (Å²) in [6.07, 6.45) is 4.81. The fraction of sp³-hybridized carbons (Fsp3) is 1.00. The van der Waals surface area contributed by atoms with E-state index in [2.05, 4.69) is 5.32 Å². The molecule has 0 aromatic heterocycles. The molecule has 3 N–H and O–H groups in total. The van der Waals surface area contributed by atoms with Crippen molar-refractivity contribution in [1.29, 1.82) is 0 Å². The highest BCUT2D eigenvalue weighted by Gasteiger charge is 2.42. The second-order valence-electron chi connectivity index (χ2n) is 5.51. The highest BCUT2D eigenvalue weighted by Crippen LogP contribution is 2.48. The van der Waals surface area contributed by atoms with Crippen molar-refractivity contribution in [3.8, 4) is 0 Å². The molecular weight excluding hydrogens is 204 g/mol. The van der Waals surface area contributed by atoms with Gasteiger partial charge in [0, 0.05) is 33.4 Å². The Morgan fingerprint density at radius 1 is 1.31 bits per heavy atom. The zero-order valence-electron chi connectivity index (χ0n) is 10.3. The van der Waals surface area contributed by atoms with Crippen molar-refractivity contribution in [3.63, 3.8) is 0 Å². The molecule has 2 fully saturated rings. The van der Waals surface area contributed by atoms with Crippen LogP contribution in [0.25, 0.3) is 0 Å². The van der Waals surface area contributed by atoms with Gasteiger partial charge in [0.25, 0.3) is 0 Å². The van der Waals surface area contributed by atoms with Crippen LogP contribution in [0, 0.1) is 5.41 Å². The minimum atomic E-state index is -0.128. The van der Waals surface area contributed by atoms with E-state index in [9.17, 15) is 0 Å². The Balaban J connectivity index is 1.64. The first-order chi connectivity index (χ1) is 7.68. The predicted molar refractivity (Wildman–Crippen MR) is 63.4 cm³/mol. The van der Waals surface area contributed by atoms with Crippen molar-refractivity contribution in [2.45, 2.75) is 31.2 Å². The molecule has 4 nitrogen and oxygen atoms in total. The van der Waals surface area contributed by atoms with Crippen molar-refractivity contribution in [3.05, 3.63) is 0 Å². The summed E-state index contributed by atoms with van der Waals surface area (Å²) in [4.78, 5) is 0. The Morgan fingerprint density at radius 3 is 2.69 bits per heavy atom. The summed E-state index contributed by atoms with van der Waals surface area (Å²) in [5, 5.41) is 3.52. The smallest absolute Gasteiger partial charge is 0.0659 e. The molecule has 1 saturated carbocycles. The predicted octanol–water partition coefficient (Wildman–Crippen LogP) is 0.511. The van der Waals surface area contributed by atoms with Crippen molar-refractivity contribution < 1.29 is 9.47 Å². The summed E-state index contributed by atoms with van der Waals surface area (Å²) in [7, 11) is 1.77. The Morgan fingerprint density at radius 2 is 2.12 bits per heavy atom. The van der Waals surface area contributed by atoms with Gasteiger partial charge in [0.2, 0.25) is 0 Å². The number of ether oxygens (including phenoxy) is 2. The monoisotopic (exact) mass is 228 g/mol. The van der Waals surface area contributed by atoms with Gasteiger partial charge in [0.1, 0.15) is 0 Å². The van der Waals surface area contributed by atoms with Gasteiger partial charge in [-0.1, -0.05) is 0 Å². The van der Waals surface area contributed by atoms with E-state index in [1.165, 1.54) is 19.3 Å². The third-order valence-corrected chi connectivity index (χ3v) is 3.90. The van der Waals surface area contributed by atoms with E-state index >= 15 is 0 Å². The lowest BCUT2D eigenvalue weighted by atomic mass is 9.99. The molecule has 2 aliphatic rings. The standard InChI is InChI=1S/C12H24N2O2/c1-15-6-4-11(2-3-11)8-14-9-12(13)5-7-16-10-12/h14H,2-10,13H2,1H3. The zero-order valence-corrected chi connectivity index (χ0v) is 10.3. The normalized spacial score (nSPS) is 31.9. The lowest BCUT2D eigenvalue weighted by Crippen LogP contribution is -2.50. The van der Waals surface area contributed by atoms with Gasteiger partial charge in [-0.3, -0.25) is 0 Å². The molecule has 1 aliphatic carbocycles. The van der Waals surface area contributed by atoms with E-state index in [0.29, 0.717) is 12.0 Å². The van der Waals surface area contributed by atoms with Gasteiger partial charge in [-0.2, -0.15) is 0 Å². The summed E-state index contributed by atoms with van der Waals surface area (Å²) in [6, 6.07) is 0. The first kappa shape index (κ1) is 12.3. The fourth-order valence-electron chi connectivity index (χ4n) is 2.35. The van der Waals surface area contributed by atoms with Crippen LogP contribution >= 0.6 is 0 Å². The number of rotatable bonds is 7. The SMILES string of the molecule is COCCC1(CNCC2(N)CCOC2)CC1. The van der Waals surface area contributed by atoms with Crippen LogP contribution in [0.3, 0.4) is 0 Å². The van der Waals surface area contributed by atoms with Gasteiger partial charge in [-0.15, -0.1) is 0 Å². The molecule has 0 bridgehead atoms. The largest absolute Gasteiger partial charge is 0.385 e. The highest BCUT2D eigenvalue weighted by molar-refractivity contribution is 4.97. The molecule has 94 valence electrons. The molecule has 1 aliphatic heterocycles. The van der Waals surface area contributed by atoms with Crippen LogP contribution in [0.1, 0.15) is 25.7 Å². The molecule has 0 radical (unpaired) electrons. The van der Waals surface area contributed by atoms with Crippen molar-refractivity contribution in [2.75, 3.05) is 40.0 Å². The van der Waals surface area contributed by atoms with E-state index in [1.54, 1.807) is 7.11 Å². The van der Waals surface area contributed by atoms with E-state index in [4.69, 9.17) is 15.2 Å². The van der Waals surface area contributed by atoms with Gasteiger partial charge in [-0.05, 0) is 31.1 Å². The van der Waals surface area contributed by atoms with Crippen LogP contribution in [0.5, 0.6) is 0 Å². The van der Waals surface area contributed by atoms with Crippen LogP contribution in [-0.2, 0) is 9.47 Å². The molecule has 1 unspecified atom stereocenters. The summed E-state index contributed by atoms with van der Waals surface area (Å²) in [5.41, 5.74) is 6.57. The van der Waals surface area contributed by atoms with Crippen LogP contribution in [0.4, 0.5) is 0 Å². The Hall–Kier alpha value is -0.160. The number of nitrogens with one attached hydrogen (secondary N) is 1. The highest BCUT2D eigenvalue weighted by atomic mass is 16.5. The molecular formula is C12H24N2O2.